The Bertz CT molecular complexity index is 590. The smallest absolute Gasteiger partial charge is 0.224 e. The minimum atomic E-state index is 0.0246. The Hall–Kier alpha value is -2.29. The van der Waals surface area contributed by atoms with Crippen molar-refractivity contribution in [2.75, 3.05) is 12.4 Å². The minimum Gasteiger partial charge on any atom is -0.381 e. The molecule has 0 aliphatic carbocycles. The molecule has 0 spiro atoms. The van der Waals surface area contributed by atoms with Gasteiger partial charge in [0, 0.05) is 19.3 Å². The molecule has 0 bridgehead atoms. The first-order valence-corrected chi connectivity index (χ1v) is 7.33. The molecule has 0 aliphatic rings. The summed E-state index contributed by atoms with van der Waals surface area (Å²) in [6.45, 7) is 2.91. The molecule has 21 heavy (non-hydrogen) atoms. The van der Waals surface area contributed by atoms with Crippen LogP contribution in [0.3, 0.4) is 0 Å². The van der Waals surface area contributed by atoms with E-state index in [1.807, 2.05) is 24.3 Å². The Morgan fingerprint density at radius 3 is 2.33 bits per heavy atom. The summed E-state index contributed by atoms with van der Waals surface area (Å²) in [5.74, 6) is 0.0246. The SMILES string of the molecule is CCc1ccc(CNc2ccccc2CC(=O)NC)cc1. The summed E-state index contributed by atoms with van der Waals surface area (Å²) in [5, 5.41) is 6.08. The number of aryl methyl sites for hydroxylation is 1. The van der Waals surface area contributed by atoms with E-state index in [4.69, 9.17) is 0 Å². The number of benzene rings is 2. The summed E-state index contributed by atoms with van der Waals surface area (Å²) in [7, 11) is 1.66. The Labute approximate surface area is 126 Å². The van der Waals surface area contributed by atoms with Crippen LogP contribution in [0.5, 0.6) is 0 Å². The van der Waals surface area contributed by atoms with Crippen LogP contribution in [0.4, 0.5) is 5.69 Å². The van der Waals surface area contributed by atoms with Gasteiger partial charge in [0.15, 0.2) is 0 Å². The fourth-order valence-electron chi connectivity index (χ4n) is 2.20. The number of carbonyl (C=O) groups is 1. The first-order chi connectivity index (χ1) is 10.2. The monoisotopic (exact) mass is 282 g/mol. The van der Waals surface area contributed by atoms with Gasteiger partial charge in [0.05, 0.1) is 6.42 Å². The summed E-state index contributed by atoms with van der Waals surface area (Å²) in [6.07, 6.45) is 1.46. The van der Waals surface area contributed by atoms with Crippen molar-refractivity contribution in [3.63, 3.8) is 0 Å². The van der Waals surface area contributed by atoms with E-state index in [1.54, 1.807) is 7.05 Å². The van der Waals surface area contributed by atoms with E-state index in [2.05, 4.69) is 41.8 Å². The van der Waals surface area contributed by atoms with Gasteiger partial charge in [-0.05, 0) is 29.2 Å². The molecule has 0 aromatic heterocycles. The van der Waals surface area contributed by atoms with Crippen molar-refractivity contribution in [1.82, 2.24) is 5.32 Å². The predicted octanol–water partition coefficient (Wildman–Crippen LogP) is 3.15. The molecule has 0 heterocycles. The van der Waals surface area contributed by atoms with Crippen LogP contribution in [-0.4, -0.2) is 13.0 Å². The number of hydrogen-bond acceptors (Lipinski definition) is 2. The second-order valence-electron chi connectivity index (χ2n) is 5.03. The number of hydrogen-bond donors (Lipinski definition) is 2. The molecule has 0 saturated carbocycles. The summed E-state index contributed by atoms with van der Waals surface area (Å²) in [6, 6.07) is 16.5. The summed E-state index contributed by atoms with van der Waals surface area (Å²) in [5.41, 5.74) is 4.61. The molecule has 3 nitrogen and oxygen atoms in total. The van der Waals surface area contributed by atoms with Crippen LogP contribution in [-0.2, 0) is 24.2 Å². The number of nitrogens with one attached hydrogen (secondary N) is 2. The van der Waals surface area contributed by atoms with E-state index in [9.17, 15) is 4.79 Å². The molecule has 2 rings (SSSR count). The molecule has 0 saturated heterocycles. The number of rotatable bonds is 6. The van der Waals surface area contributed by atoms with E-state index >= 15 is 0 Å². The van der Waals surface area contributed by atoms with Crippen molar-refractivity contribution < 1.29 is 4.79 Å². The Balaban J connectivity index is 2.03. The zero-order valence-corrected chi connectivity index (χ0v) is 12.6. The van der Waals surface area contributed by atoms with Gasteiger partial charge >= 0.3 is 0 Å². The van der Waals surface area contributed by atoms with E-state index in [0.717, 1.165) is 24.2 Å². The van der Waals surface area contributed by atoms with Crippen molar-refractivity contribution >= 4 is 11.6 Å². The first-order valence-electron chi connectivity index (χ1n) is 7.33. The maximum absolute atomic E-state index is 11.5. The lowest BCUT2D eigenvalue weighted by atomic mass is 10.1. The fraction of sp³-hybridized carbons (Fsp3) is 0.278. The van der Waals surface area contributed by atoms with E-state index in [-0.39, 0.29) is 5.91 Å². The third-order valence-corrected chi connectivity index (χ3v) is 3.56. The molecule has 3 heteroatoms. The first kappa shape index (κ1) is 15.1. The molecule has 0 fully saturated rings. The molecule has 110 valence electrons. The molecule has 2 aromatic carbocycles. The quantitative estimate of drug-likeness (QED) is 0.854. The highest BCUT2D eigenvalue weighted by atomic mass is 16.1. The summed E-state index contributed by atoms with van der Waals surface area (Å²) >= 11 is 0. The Kier molecular flexibility index (Phi) is 5.38. The predicted molar refractivity (Wildman–Crippen MR) is 87.4 cm³/mol. The van der Waals surface area contributed by atoms with Crippen LogP contribution in [0.15, 0.2) is 48.5 Å². The normalized spacial score (nSPS) is 10.2. The Morgan fingerprint density at radius 1 is 1.00 bits per heavy atom. The average molecular weight is 282 g/mol. The van der Waals surface area contributed by atoms with Crippen LogP contribution in [0.2, 0.25) is 0 Å². The molecule has 0 atom stereocenters. The second-order valence-corrected chi connectivity index (χ2v) is 5.03. The number of carbonyl (C=O) groups excluding carboxylic acids is 1. The van der Waals surface area contributed by atoms with Gasteiger partial charge in [-0.25, -0.2) is 0 Å². The van der Waals surface area contributed by atoms with Crippen LogP contribution < -0.4 is 10.6 Å². The second kappa shape index (κ2) is 7.48. The van der Waals surface area contributed by atoms with Gasteiger partial charge in [-0.3, -0.25) is 4.79 Å². The maximum atomic E-state index is 11.5. The van der Waals surface area contributed by atoms with Gasteiger partial charge < -0.3 is 10.6 Å². The van der Waals surface area contributed by atoms with Crippen molar-refractivity contribution in [3.05, 3.63) is 65.2 Å². The molecule has 1 amide bonds. The van der Waals surface area contributed by atoms with Crippen molar-refractivity contribution in [2.45, 2.75) is 26.3 Å². The topological polar surface area (TPSA) is 41.1 Å². The minimum absolute atomic E-state index is 0.0246. The summed E-state index contributed by atoms with van der Waals surface area (Å²) < 4.78 is 0. The largest absolute Gasteiger partial charge is 0.381 e. The van der Waals surface area contributed by atoms with Crippen molar-refractivity contribution in [2.24, 2.45) is 0 Å². The summed E-state index contributed by atoms with van der Waals surface area (Å²) in [4.78, 5) is 11.5. The van der Waals surface area contributed by atoms with Gasteiger partial charge in [0.2, 0.25) is 5.91 Å². The lowest BCUT2D eigenvalue weighted by Crippen LogP contribution is -2.20. The number of amides is 1. The zero-order valence-electron chi connectivity index (χ0n) is 12.6. The molecule has 2 aromatic rings. The highest BCUT2D eigenvalue weighted by molar-refractivity contribution is 5.80. The third-order valence-electron chi connectivity index (χ3n) is 3.56. The van der Waals surface area contributed by atoms with Gasteiger partial charge in [0.1, 0.15) is 0 Å². The Morgan fingerprint density at radius 2 is 1.67 bits per heavy atom. The van der Waals surface area contributed by atoms with Crippen LogP contribution in [0.1, 0.15) is 23.6 Å². The number of likely N-dealkylation sites (N-methyl/N-ethyl adjacent to an activating group) is 1. The van der Waals surface area contributed by atoms with Gasteiger partial charge in [-0.2, -0.15) is 0 Å². The lowest BCUT2D eigenvalue weighted by Gasteiger charge is -2.12. The molecule has 0 unspecified atom stereocenters. The lowest BCUT2D eigenvalue weighted by molar-refractivity contribution is -0.119. The van der Waals surface area contributed by atoms with E-state index in [0.29, 0.717) is 6.42 Å². The molecular formula is C18H22N2O. The van der Waals surface area contributed by atoms with E-state index < -0.39 is 0 Å². The van der Waals surface area contributed by atoms with Crippen molar-refractivity contribution in [3.8, 4) is 0 Å². The zero-order chi connectivity index (χ0) is 15.1. The van der Waals surface area contributed by atoms with Crippen LogP contribution >= 0.6 is 0 Å². The fourth-order valence-corrected chi connectivity index (χ4v) is 2.20. The molecular weight excluding hydrogens is 260 g/mol. The molecule has 0 aliphatic heterocycles. The van der Waals surface area contributed by atoms with E-state index in [1.165, 1.54) is 11.1 Å². The van der Waals surface area contributed by atoms with Crippen LogP contribution in [0, 0.1) is 0 Å². The standard InChI is InChI=1S/C18H22N2O/c1-3-14-8-10-15(11-9-14)13-20-17-7-5-4-6-16(17)12-18(21)19-2/h4-11,20H,3,12-13H2,1-2H3,(H,19,21). The van der Waals surface area contributed by atoms with Crippen LogP contribution in [0.25, 0.3) is 0 Å². The van der Waals surface area contributed by atoms with Gasteiger partial charge in [-0.15, -0.1) is 0 Å². The number of para-hydroxylation sites is 1. The van der Waals surface area contributed by atoms with Gasteiger partial charge in [0.25, 0.3) is 0 Å². The molecule has 2 N–H and O–H groups in total. The third kappa shape index (κ3) is 4.35. The number of anilines is 1. The molecule has 0 radical (unpaired) electrons. The van der Waals surface area contributed by atoms with Gasteiger partial charge in [-0.1, -0.05) is 49.4 Å². The average Bonchev–Trinajstić information content (AvgIpc) is 2.54. The van der Waals surface area contributed by atoms with Crippen molar-refractivity contribution in [1.29, 1.82) is 0 Å². The highest BCUT2D eigenvalue weighted by Crippen LogP contribution is 2.17. The highest BCUT2D eigenvalue weighted by Gasteiger charge is 2.06. The maximum Gasteiger partial charge on any atom is 0.224 e.